The maximum atomic E-state index is 10.9. The van der Waals surface area contributed by atoms with Gasteiger partial charge in [0.15, 0.2) is 0 Å². The second kappa shape index (κ2) is 4.44. The summed E-state index contributed by atoms with van der Waals surface area (Å²) < 4.78 is 0. The van der Waals surface area contributed by atoms with E-state index in [1.807, 2.05) is 0 Å². The Morgan fingerprint density at radius 3 is 2.29 bits per heavy atom. The van der Waals surface area contributed by atoms with E-state index in [-0.39, 0.29) is 5.92 Å². The lowest BCUT2D eigenvalue weighted by molar-refractivity contribution is -0.150. The number of hydrogen-bond acceptors (Lipinski definition) is 2. The summed E-state index contributed by atoms with van der Waals surface area (Å²) in [5, 5.41) is 17.8. The van der Waals surface area contributed by atoms with Crippen molar-refractivity contribution in [2.45, 2.75) is 32.6 Å². The highest BCUT2D eigenvalue weighted by Gasteiger charge is 2.36. The highest BCUT2D eigenvalue weighted by molar-refractivity contribution is 5.74. The fraction of sp³-hybridized carbons (Fsp3) is 0.800. The minimum absolute atomic E-state index is 0.196. The molecule has 4 nitrogen and oxygen atoms in total. The van der Waals surface area contributed by atoms with Crippen LogP contribution >= 0.6 is 0 Å². The Morgan fingerprint density at radius 2 is 1.79 bits per heavy atom. The summed E-state index contributed by atoms with van der Waals surface area (Å²) in [6, 6.07) is 0. The minimum atomic E-state index is -0.886. The van der Waals surface area contributed by atoms with Crippen molar-refractivity contribution in [3.8, 4) is 0 Å². The van der Waals surface area contributed by atoms with Gasteiger partial charge >= 0.3 is 11.9 Å². The summed E-state index contributed by atoms with van der Waals surface area (Å²) in [4.78, 5) is 21.7. The van der Waals surface area contributed by atoms with Gasteiger partial charge in [-0.1, -0.05) is 19.8 Å². The normalized spacial score (nSPS) is 29.5. The summed E-state index contributed by atoms with van der Waals surface area (Å²) >= 11 is 0. The fourth-order valence-electron chi connectivity index (χ4n) is 2.25. The molecular formula is C10H16O4. The van der Waals surface area contributed by atoms with E-state index in [1.165, 1.54) is 0 Å². The molecule has 0 heterocycles. The van der Waals surface area contributed by atoms with Crippen LogP contribution < -0.4 is 0 Å². The van der Waals surface area contributed by atoms with E-state index in [0.717, 1.165) is 19.3 Å². The molecule has 1 unspecified atom stereocenters. The van der Waals surface area contributed by atoms with Gasteiger partial charge in [0.25, 0.3) is 0 Å². The van der Waals surface area contributed by atoms with E-state index in [1.54, 1.807) is 6.92 Å². The van der Waals surface area contributed by atoms with Gasteiger partial charge < -0.3 is 10.2 Å². The smallest absolute Gasteiger partial charge is 0.306 e. The zero-order valence-electron chi connectivity index (χ0n) is 8.27. The van der Waals surface area contributed by atoms with Crippen LogP contribution in [0.1, 0.15) is 32.6 Å². The van der Waals surface area contributed by atoms with Crippen molar-refractivity contribution < 1.29 is 19.8 Å². The van der Waals surface area contributed by atoms with E-state index in [4.69, 9.17) is 10.2 Å². The molecule has 0 aromatic heterocycles. The molecule has 2 N–H and O–H groups in total. The third kappa shape index (κ3) is 2.25. The van der Waals surface area contributed by atoms with E-state index in [2.05, 4.69) is 0 Å². The molecule has 0 aliphatic heterocycles. The number of carboxylic acid groups (broad SMARTS) is 2. The molecule has 1 rings (SSSR count). The molecule has 0 radical (unpaired) electrons. The molecule has 0 bridgehead atoms. The number of hydrogen-bond donors (Lipinski definition) is 2. The Kier molecular flexibility index (Phi) is 3.49. The van der Waals surface area contributed by atoms with Crippen LogP contribution in [-0.4, -0.2) is 22.2 Å². The largest absolute Gasteiger partial charge is 0.481 e. The first kappa shape index (κ1) is 11.0. The molecule has 1 fully saturated rings. The van der Waals surface area contributed by atoms with Crippen LogP contribution in [0.3, 0.4) is 0 Å². The molecule has 0 aromatic rings. The van der Waals surface area contributed by atoms with Crippen molar-refractivity contribution in [2.24, 2.45) is 17.8 Å². The predicted octanol–water partition coefficient (Wildman–Crippen LogP) is 1.60. The molecule has 3 atom stereocenters. The summed E-state index contributed by atoms with van der Waals surface area (Å²) in [6.07, 6.45) is 3.20. The number of carbonyl (C=O) groups is 2. The Balaban J connectivity index is 2.72. The van der Waals surface area contributed by atoms with Crippen LogP contribution in [-0.2, 0) is 9.59 Å². The summed E-state index contributed by atoms with van der Waals surface area (Å²) in [5.74, 6) is -2.93. The number of rotatable bonds is 3. The third-order valence-electron chi connectivity index (χ3n) is 3.17. The second-order valence-corrected chi connectivity index (χ2v) is 4.02. The molecule has 14 heavy (non-hydrogen) atoms. The zero-order valence-corrected chi connectivity index (χ0v) is 8.27. The molecule has 80 valence electrons. The number of carboxylic acids is 2. The first-order valence-electron chi connectivity index (χ1n) is 4.99. The van der Waals surface area contributed by atoms with Crippen LogP contribution in [0.25, 0.3) is 0 Å². The van der Waals surface area contributed by atoms with Gasteiger partial charge in [0.1, 0.15) is 0 Å². The minimum Gasteiger partial charge on any atom is -0.481 e. The Labute approximate surface area is 82.9 Å². The lowest BCUT2D eigenvalue weighted by Crippen LogP contribution is -2.34. The lowest BCUT2D eigenvalue weighted by Gasteiger charge is -2.31. The third-order valence-corrected chi connectivity index (χ3v) is 3.17. The predicted molar refractivity (Wildman–Crippen MR) is 49.9 cm³/mol. The maximum absolute atomic E-state index is 10.9. The van der Waals surface area contributed by atoms with Gasteiger partial charge in [-0.15, -0.1) is 0 Å². The first-order valence-corrected chi connectivity index (χ1v) is 4.99. The van der Waals surface area contributed by atoms with Crippen LogP contribution in [0.2, 0.25) is 0 Å². The first-order chi connectivity index (χ1) is 6.54. The van der Waals surface area contributed by atoms with Crippen LogP contribution in [0.5, 0.6) is 0 Å². The summed E-state index contributed by atoms with van der Waals surface area (Å²) in [7, 11) is 0. The van der Waals surface area contributed by atoms with E-state index < -0.39 is 23.8 Å². The summed E-state index contributed by atoms with van der Waals surface area (Å²) in [6.45, 7) is 1.61. The molecule has 4 heteroatoms. The molecule has 0 amide bonds. The van der Waals surface area contributed by atoms with Gasteiger partial charge in [0.05, 0.1) is 11.8 Å². The van der Waals surface area contributed by atoms with E-state index in [0.29, 0.717) is 6.42 Å². The van der Waals surface area contributed by atoms with Gasteiger partial charge in [-0.05, 0) is 18.8 Å². The molecular weight excluding hydrogens is 184 g/mol. The van der Waals surface area contributed by atoms with Gasteiger partial charge in [0.2, 0.25) is 0 Å². The van der Waals surface area contributed by atoms with Crippen LogP contribution in [0.4, 0.5) is 0 Å². The zero-order chi connectivity index (χ0) is 10.7. The standard InChI is InChI=1S/C10H16O4/c1-6(9(11)12)7-4-2-3-5-8(7)10(13)14/h6-8H,2-5H2,1H3,(H,11,12)(H,13,14)/t6?,7-,8+/m1/s1. The average molecular weight is 200 g/mol. The SMILES string of the molecule is CC(C(=O)O)[C@H]1CCCC[C@@H]1C(=O)O. The Bertz CT molecular complexity index is 236. The Morgan fingerprint density at radius 1 is 1.21 bits per heavy atom. The quantitative estimate of drug-likeness (QED) is 0.725. The molecule has 1 saturated carbocycles. The van der Waals surface area contributed by atoms with E-state index in [9.17, 15) is 9.59 Å². The second-order valence-electron chi connectivity index (χ2n) is 4.02. The van der Waals surface area contributed by atoms with Crippen LogP contribution in [0, 0.1) is 17.8 Å². The highest BCUT2D eigenvalue weighted by atomic mass is 16.4. The average Bonchev–Trinajstić information content (AvgIpc) is 2.16. The van der Waals surface area contributed by atoms with Crippen molar-refractivity contribution in [3.05, 3.63) is 0 Å². The molecule has 1 aliphatic rings. The molecule has 0 saturated heterocycles. The van der Waals surface area contributed by atoms with Crippen molar-refractivity contribution in [1.82, 2.24) is 0 Å². The number of aliphatic carboxylic acids is 2. The van der Waals surface area contributed by atoms with Gasteiger partial charge in [-0.3, -0.25) is 9.59 Å². The molecule has 1 aliphatic carbocycles. The maximum Gasteiger partial charge on any atom is 0.306 e. The molecule has 0 aromatic carbocycles. The lowest BCUT2D eigenvalue weighted by atomic mass is 9.73. The van der Waals surface area contributed by atoms with Gasteiger partial charge in [-0.25, -0.2) is 0 Å². The van der Waals surface area contributed by atoms with Crippen molar-refractivity contribution in [2.75, 3.05) is 0 Å². The van der Waals surface area contributed by atoms with Crippen molar-refractivity contribution in [1.29, 1.82) is 0 Å². The fourth-order valence-corrected chi connectivity index (χ4v) is 2.25. The molecule has 0 spiro atoms. The van der Waals surface area contributed by atoms with E-state index >= 15 is 0 Å². The van der Waals surface area contributed by atoms with Crippen molar-refractivity contribution in [3.63, 3.8) is 0 Å². The van der Waals surface area contributed by atoms with Gasteiger partial charge in [-0.2, -0.15) is 0 Å². The monoisotopic (exact) mass is 200 g/mol. The van der Waals surface area contributed by atoms with Gasteiger partial charge in [0, 0.05) is 0 Å². The summed E-state index contributed by atoms with van der Waals surface area (Å²) in [5.41, 5.74) is 0. The Hall–Kier alpha value is -1.06. The van der Waals surface area contributed by atoms with Crippen molar-refractivity contribution >= 4 is 11.9 Å². The highest BCUT2D eigenvalue weighted by Crippen LogP contribution is 2.35. The van der Waals surface area contributed by atoms with Crippen LogP contribution in [0.15, 0.2) is 0 Å². The topological polar surface area (TPSA) is 74.6 Å².